The van der Waals surface area contributed by atoms with E-state index < -0.39 is 17.9 Å². The number of benzene rings is 1. The number of rotatable bonds is 6. The number of carbonyl (C=O) groups is 2. The Kier molecular flexibility index (Phi) is 5.97. The molecule has 0 fully saturated rings. The van der Waals surface area contributed by atoms with E-state index in [2.05, 4.69) is 31.4 Å². The van der Waals surface area contributed by atoms with Crippen molar-refractivity contribution in [3.8, 4) is 11.3 Å². The first-order valence-corrected chi connectivity index (χ1v) is 8.86. The van der Waals surface area contributed by atoms with Gasteiger partial charge in [-0.05, 0) is 29.8 Å². The molecule has 0 aliphatic rings. The Labute approximate surface area is 163 Å². The molecule has 3 aromatic rings. The molecule has 138 valence electrons. The molecule has 7 nitrogen and oxygen atoms in total. The highest BCUT2D eigenvalue weighted by Gasteiger charge is 2.22. The van der Waals surface area contributed by atoms with Crippen LogP contribution < -0.4 is 5.32 Å². The summed E-state index contributed by atoms with van der Waals surface area (Å²) < 4.78 is 10.9. The van der Waals surface area contributed by atoms with Gasteiger partial charge in [0.1, 0.15) is 0 Å². The minimum atomic E-state index is -0.556. The van der Waals surface area contributed by atoms with Crippen molar-refractivity contribution in [2.75, 3.05) is 7.11 Å². The zero-order valence-electron chi connectivity index (χ0n) is 14.4. The van der Waals surface area contributed by atoms with Crippen LogP contribution >= 0.6 is 15.9 Å². The van der Waals surface area contributed by atoms with Gasteiger partial charge < -0.3 is 14.6 Å². The van der Waals surface area contributed by atoms with Crippen LogP contribution in [0.1, 0.15) is 28.5 Å². The number of hydrogen-bond donors (Lipinski definition) is 1. The van der Waals surface area contributed by atoms with Crippen molar-refractivity contribution in [2.24, 2.45) is 0 Å². The molecule has 2 aromatic heterocycles. The topological polar surface area (TPSA) is 94.3 Å². The van der Waals surface area contributed by atoms with Gasteiger partial charge in [-0.3, -0.25) is 14.6 Å². The summed E-state index contributed by atoms with van der Waals surface area (Å²) in [5, 5.41) is 6.63. The number of amides is 1. The molecule has 1 amide bonds. The third-order valence-electron chi connectivity index (χ3n) is 3.88. The lowest BCUT2D eigenvalue weighted by Gasteiger charge is -2.17. The van der Waals surface area contributed by atoms with Crippen molar-refractivity contribution in [2.45, 2.75) is 12.5 Å². The molecule has 0 saturated carbocycles. The highest BCUT2D eigenvalue weighted by molar-refractivity contribution is 9.10. The Morgan fingerprint density at radius 3 is 2.56 bits per heavy atom. The number of hydrogen-bond acceptors (Lipinski definition) is 6. The molecule has 8 heteroatoms. The van der Waals surface area contributed by atoms with E-state index >= 15 is 0 Å². The van der Waals surface area contributed by atoms with Crippen LogP contribution in [0, 0.1) is 0 Å². The van der Waals surface area contributed by atoms with Crippen molar-refractivity contribution in [1.29, 1.82) is 0 Å². The van der Waals surface area contributed by atoms with Crippen molar-refractivity contribution in [3.05, 3.63) is 70.6 Å². The number of carbonyl (C=O) groups excluding carboxylic acids is 2. The fourth-order valence-electron chi connectivity index (χ4n) is 2.46. The minimum absolute atomic E-state index is 0.00106. The normalized spacial score (nSPS) is 11.6. The van der Waals surface area contributed by atoms with Gasteiger partial charge in [0.05, 0.1) is 19.6 Å². The molecule has 1 N–H and O–H groups in total. The van der Waals surface area contributed by atoms with Crippen LogP contribution in [0.4, 0.5) is 0 Å². The lowest BCUT2D eigenvalue weighted by molar-refractivity contribution is -0.141. The molecular weight excluding hydrogens is 414 g/mol. The maximum atomic E-state index is 12.6. The van der Waals surface area contributed by atoms with Gasteiger partial charge in [-0.1, -0.05) is 33.2 Å². The summed E-state index contributed by atoms with van der Waals surface area (Å²) in [6.07, 6.45) is 3.24. The Hall–Kier alpha value is -3.00. The maximum absolute atomic E-state index is 12.6. The Bertz CT molecular complexity index is 926. The molecule has 0 radical (unpaired) electrons. The Balaban J connectivity index is 1.79. The maximum Gasteiger partial charge on any atom is 0.307 e. The number of halogens is 1. The second-order valence-electron chi connectivity index (χ2n) is 5.67. The predicted molar refractivity (Wildman–Crippen MR) is 101 cm³/mol. The van der Waals surface area contributed by atoms with Gasteiger partial charge in [0.15, 0.2) is 11.5 Å². The van der Waals surface area contributed by atoms with Gasteiger partial charge in [0.2, 0.25) is 0 Å². The van der Waals surface area contributed by atoms with E-state index in [-0.39, 0.29) is 12.1 Å². The van der Waals surface area contributed by atoms with E-state index in [1.807, 2.05) is 24.3 Å². The first-order chi connectivity index (χ1) is 13.1. The van der Waals surface area contributed by atoms with E-state index in [0.29, 0.717) is 5.76 Å². The number of nitrogens with zero attached hydrogens (tertiary/aromatic N) is 2. The van der Waals surface area contributed by atoms with Crippen LogP contribution in [0.2, 0.25) is 0 Å². The van der Waals surface area contributed by atoms with E-state index in [0.717, 1.165) is 15.6 Å². The van der Waals surface area contributed by atoms with Crippen LogP contribution in [0.3, 0.4) is 0 Å². The second-order valence-corrected chi connectivity index (χ2v) is 6.59. The molecular formula is C19H16BrN3O4. The Morgan fingerprint density at radius 1 is 1.19 bits per heavy atom. The van der Waals surface area contributed by atoms with Crippen LogP contribution in [-0.2, 0) is 9.53 Å². The first-order valence-electron chi connectivity index (χ1n) is 8.07. The van der Waals surface area contributed by atoms with E-state index in [9.17, 15) is 9.59 Å². The molecule has 1 unspecified atom stereocenters. The van der Waals surface area contributed by atoms with Gasteiger partial charge in [0, 0.05) is 28.5 Å². The molecule has 0 aliphatic heterocycles. The Morgan fingerprint density at radius 2 is 1.89 bits per heavy atom. The van der Waals surface area contributed by atoms with E-state index in [1.54, 1.807) is 30.6 Å². The number of ether oxygens (including phenoxy) is 1. The molecule has 3 rings (SSSR count). The molecule has 27 heavy (non-hydrogen) atoms. The fraction of sp³-hybridized carbons (Fsp3) is 0.158. The molecule has 1 atom stereocenters. The van der Waals surface area contributed by atoms with Gasteiger partial charge in [-0.25, -0.2) is 0 Å². The fourth-order valence-corrected chi connectivity index (χ4v) is 2.73. The zero-order chi connectivity index (χ0) is 19.2. The second kappa shape index (κ2) is 8.59. The monoisotopic (exact) mass is 429 g/mol. The standard InChI is InChI=1S/C19H16BrN3O4/c1-26-18(24)11-15(12-2-4-14(20)5-3-12)22-19(25)16-10-17(27-23-16)13-6-8-21-9-7-13/h2-10,15H,11H2,1H3,(H,22,25). The van der Waals surface area contributed by atoms with Crippen molar-refractivity contribution >= 4 is 27.8 Å². The van der Waals surface area contributed by atoms with Crippen molar-refractivity contribution in [3.63, 3.8) is 0 Å². The average Bonchev–Trinajstić information content (AvgIpc) is 3.19. The average molecular weight is 430 g/mol. The van der Waals surface area contributed by atoms with E-state index in [4.69, 9.17) is 9.26 Å². The number of nitrogens with one attached hydrogen (secondary N) is 1. The quantitative estimate of drug-likeness (QED) is 0.602. The van der Waals surface area contributed by atoms with Crippen molar-refractivity contribution < 1.29 is 18.8 Å². The summed E-state index contributed by atoms with van der Waals surface area (Å²) in [5.41, 5.74) is 1.65. The third-order valence-corrected chi connectivity index (χ3v) is 4.41. The highest BCUT2D eigenvalue weighted by Crippen LogP contribution is 2.22. The lowest BCUT2D eigenvalue weighted by Crippen LogP contribution is -2.30. The minimum Gasteiger partial charge on any atom is -0.469 e. The van der Waals surface area contributed by atoms with Crippen LogP contribution in [0.25, 0.3) is 11.3 Å². The van der Waals surface area contributed by atoms with Crippen LogP contribution in [-0.4, -0.2) is 29.1 Å². The summed E-state index contributed by atoms with van der Waals surface area (Å²) in [6.45, 7) is 0. The largest absolute Gasteiger partial charge is 0.469 e. The molecule has 0 spiro atoms. The number of esters is 1. The number of methoxy groups -OCH3 is 1. The highest BCUT2D eigenvalue weighted by atomic mass is 79.9. The summed E-state index contributed by atoms with van der Waals surface area (Å²) in [7, 11) is 1.31. The SMILES string of the molecule is COC(=O)CC(NC(=O)c1cc(-c2ccncc2)on1)c1ccc(Br)cc1. The summed E-state index contributed by atoms with van der Waals surface area (Å²) >= 11 is 3.37. The van der Waals surface area contributed by atoms with Gasteiger partial charge in [-0.15, -0.1) is 0 Å². The molecule has 1 aromatic carbocycles. The van der Waals surface area contributed by atoms with Crippen LogP contribution in [0.5, 0.6) is 0 Å². The third kappa shape index (κ3) is 4.79. The van der Waals surface area contributed by atoms with Gasteiger partial charge in [0.25, 0.3) is 5.91 Å². The lowest BCUT2D eigenvalue weighted by atomic mass is 10.0. The van der Waals surface area contributed by atoms with E-state index in [1.165, 1.54) is 7.11 Å². The van der Waals surface area contributed by atoms with Crippen LogP contribution in [0.15, 0.2) is 63.9 Å². The number of aromatic nitrogens is 2. The summed E-state index contributed by atoms with van der Waals surface area (Å²) in [4.78, 5) is 28.3. The molecule has 0 aliphatic carbocycles. The van der Waals surface area contributed by atoms with Crippen molar-refractivity contribution in [1.82, 2.24) is 15.5 Å². The van der Waals surface area contributed by atoms with Gasteiger partial charge >= 0.3 is 5.97 Å². The summed E-state index contributed by atoms with van der Waals surface area (Å²) in [6, 6.07) is 11.8. The smallest absolute Gasteiger partial charge is 0.307 e. The zero-order valence-corrected chi connectivity index (χ0v) is 16.0. The number of pyridine rings is 1. The van der Waals surface area contributed by atoms with Gasteiger partial charge in [-0.2, -0.15) is 0 Å². The predicted octanol–water partition coefficient (Wildman–Crippen LogP) is 3.53. The first kappa shape index (κ1) is 18.8. The summed E-state index contributed by atoms with van der Waals surface area (Å²) in [5.74, 6) is -0.424. The molecule has 0 saturated heterocycles. The molecule has 2 heterocycles. The molecule has 0 bridgehead atoms.